The number of H-pyrrole nitrogens is 1. The van der Waals surface area contributed by atoms with Crippen molar-refractivity contribution < 1.29 is 43.5 Å². The molecule has 24 nitrogen and oxygen atoms in total. The molecule has 1 aromatic carbocycles. The fourth-order valence-corrected chi connectivity index (χ4v) is 9.39. The maximum Gasteiger partial charge on any atom is 0.245 e. The molecule has 0 spiro atoms. The Balaban J connectivity index is 2.07. The Labute approximate surface area is 409 Å². The van der Waals surface area contributed by atoms with Gasteiger partial charge in [-0.05, 0) is 76.0 Å². The Hall–Kier alpha value is -5.67. The summed E-state index contributed by atoms with van der Waals surface area (Å²) >= 11 is 0. The molecule has 8 amide bonds. The topological polar surface area (TPSA) is 425 Å². The maximum atomic E-state index is 14.4. The number of aromatic nitrogens is 1. The maximum absolute atomic E-state index is 14.4. The average molecular weight is 1010 g/mol. The predicted molar refractivity (Wildman–Crippen MR) is 265 cm³/mol. The number of carbonyl (C=O) groups excluding carboxylic acids is 8. The molecule has 1 aliphatic heterocycles. The van der Waals surface area contributed by atoms with E-state index in [0.717, 1.165) is 32.5 Å². The molecule has 384 valence electrons. The van der Waals surface area contributed by atoms with E-state index >= 15 is 0 Å². The molecule has 1 fully saturated rings. The third-order valence-corrected chi connectivity index (χ3v) is 13.4. The summed E-state index contributed by atoms with van der Waals surface area (Å²) in [7, 11) is 2.22. The number of guanidine groups is 1. The van der Waals surface area contributed by atoms with E-state index in [-0.39, 0.29) is 81.5 Å². The number of nitrogens with one attached hydrogen (secondary N) is 8. The minimum absolute atomic E-state index is 0.0116. The number of unbranched alkanes of at least 4 members (excludes halogenated alkanes) is 1. The van der Waals surface area contributed by atoms with E-state index in [1.807, 2.05) is 32.0 Å². The molecule has 21 N–H and O–H groups in total. The van der Waals surface area contributed by atoms with E-state index < -0.39 is 102 Å². The van der Waals surface area contributed by atoms with Gasteiger partial charge in [-0.1, -0.05) is 53.6 Å². The number of aliphatic hydroxyl groups excluding tert-OH is 1. The molecule has 9 atom stereocenters. The second-order valence-electron chi connectivity index (χ2n) is 17.2. The van der Waals surface area contributed by atoms with Crippen molar-refractivity contribution in [2.24, 2.45) is 45.3 Å². The number of aliphatic hydroxyl groups is 1. The van der Waals surface area contributed by atoms with Crippen molar-refractivity contribution in [3.63, 3.8) is 0 Å². The van der Waals surface area contributed by atoms with E-state index in [1.165, 1.54) is 6.92 Å². The van der Waals surface area contributed by atoms with Gasteiger partial charge in [-0.3, -0.25) is 43.3 Å². The summed E-state index contributed by atoms with van der Waals surface area (Å²) in [5, 5.41) is 30.1. The summed E-state index contributed by atoms with van der Waals surface area (Å²) in [5.41, 5.74) is 36.1. The zero-order valence-electron chi connectivity index (χ0n) is 39.3. The molecule has 3 unspecified atom stereocenters. The van der Waals surface area contributed by atoms with E-state index in [9.17, 15) is 43.5 Å². The van der Waals surface area contributed by atoms with Crippen LogP contribution in [0.3, 0.4) is 0 Å². The van der Waals surface area contributed by atoms with Crippen LogP contribution >= 0.6 is 21.6 Å². The molecule has 2 aromatic rings. The number of aromatic amines is 1. The van der Waals surface area contributed by atoms with Gasteiger partial charge in [0.15, 0.2) is 5.96 Å². The number of rotatable bonds is 16. The Morgan fingerprint density at radius 3 is 2.06 bits per heavy atom. The third kappa shape index (κ3) is 19.7. The zero-order chi connectivity index (χ0) is 51.2. The molecule has 0 saturated carbocycles. The van der Waals surface area contributed by atoms with Crippen molar-refractivity contribution in [1.82, 2.24) is 42.2 Å². The van der Waals surface area contributed by atoms with Crippen molar-refractivity contribution in [3.05, 3.63) is 36.0 Å². The number of nitrogens with two attached hydrogens (primary N) is 6. The van der Waals surface area contributed by atoms with Crippen molar-refractivity contribution in [3.8, 4) is 0 Å². The Bertz CT molecular complexity index is 2090. The first-order chi connectivity index (χ1) is 32.7. The minimum Gasteiger partial charge on any atom is -0.391 e. The molecule has 2 heterocycles. The summed E-state index contributed by atoms with van der Waals surface area (Å²) < 4.78 is 0. The highest BCUT2D eigenvalue weighted by atomic mass is 33.1. The predicted octanol–water partition coefficient (Wildman–Crippen LogP) is -3.73. The number of nitrogens with zero attached hydrogens (tertiary/aromatic N) is 1. The van der Waals surface area contributed by atoms with Gasteiger partial charge in [0.05, 0.1) is 18.2 Å². The van der Waals surface area contributed by atoms with Gasteiger partial charge in [-0.25, -0.2) is 0 Å². The highest BCUT2D eigenvalue weighted by Gasteiger charge is 2.36. The van der Waals surface area contributed by atoms with Gasteiger partial charge in [0.2, 0.25) is 47.3 Å². The first-order valence-corrected chi connectivity index (χ1v) is 25.3. The lowest BCUT2D eigenvalue weighted by molar-refractivity contribution is -0.137. The lowest BCUT2D eigenvalue weighted by Gasteiger charge is -2.28. The van der Waals surface area contributed by atoms with E-state index in [2.05, 4.69) is 47.2 Å². The highest BCUT2D eigenvalue weighted by Crippen LogP contribution is 2.23. The fraction of sp³-hybridized carbons (Fsp3) is 0.605. The van der Waals surface area contributed by atoms with Crippen molar-refractivity contribution in [2.45, 2.75) is 127 Å². The molecule has 0 radical (unpaired) electrons. The normalized spacial score (nSPS) is 24.2. The van der Waals surface area contributed by atoms with Crippen LogP contribution in [0.1, 0.15) is 71.3 Å². The van der Waals surface area contributed by atoms with Crippen molar-refractivity contribution in [1.29, 1.82) is 0 Å². The number of aliphatic imine (C=N–C) groups is 1. The van der Waals surface area contributed by atoms with Crippen LogP contribution in [0.25, 0.3) is 10.9 Å². The van der Waals surface area contributed by atoms with Crippen LogP contribution < -0.4 is 71.6 Å². The van der Waals surface area contributed by atoms with Crippen LogP contribution in [0.15, 0.2) is 35.5 Å². The average Bonchev–Trinajstić information content (AvgIpc) is 3.70. The van der Waals surface area contributed by atoms with Gasteiger partial charge < -0.3 is 81.7 Å². The fourth-order valence-electron chi connectivity index (χ4n) is 7.11. The van der Waals surface area contributed by atoms with Crippen LogP contribution in [0.4, 0.5) is 0 Å². The zero-order valence-corrected chi connectivity index (χ0v) is 40.9. The van der Waals surface area contributed by atoms with Crippen LogP contribution in [-0.2, 0) is 44.8 Å². The number of hydrogen-bond donors (Lipinski definition) is 15. The summed E-state index contributed by atoms with van der Waals surface area (Å²) in [6, 6.07) is -3.15. The molecular formula is C43H71N15O9S2. The Kier molecular flexibility index (Phi) is 24.5. The van der Waals surface area contributed by atoms with Gasteiger partial charge in [0.25, 0.3) is 0 Å². The van der Waals surface area contributed by atoms with E-state index in [1.54, 1.807) is 12.3 Å². The quantitative estimate of drug-likeness (QED) is 0.0333. The van der Waals surface area contributed by atoms with Crippen LogP contribution in [0.5, 0.6) is 0 Å². The molecule has 1 aromatic heterocycles. The SMILES string of the molecule is CC(C)C[C@H](NC(=O)C1CSSC[C@H](N)C(=O)NCC[C@H](N)C(=O)N[C@@H](CCCN=C(N)N)C(=O)NC(Cc2c[nH]c3ccccc23)C(=O)N[C@@H]([C@@H](C)O)C(=O)NC(CCCCN)C(=O)N1)C(N)=O. The third-order valence-electron chi connectivity index (χ3n) is 10.9. The molecule has 1 aliphatic rings. The lowest BCUT2D eigenvalue weighted by atomic mass is 10.0. The summed E-state index contributed by atoms with van der Waals surface area (Å²) in [6.07, 6.45) is 1.12. The van der Waals surface area contributed by atoms with Crippen LogP contribution in [0.2, 0.25) is 0 Å². The molecule has 26 heteroatoms. The molecule has 1 saturated heterocycles. The van der Waals surface area contributed by atoms with E-state index in [4.69, 9.17) is 34.4 Å². The summed E-state index contributed by atoms with van der Waals surface area (Å²) in [5.74, 6) is -6.61. The number of para-hydroxylation sites is 1. The standard InChI is InChI=1S/C43H71N15O9S2/c1-22(2)17-31(35(47)60)55-41(66)33-21-69-68-20-27(46)36(61)50-16-13-26(45)37(62)53-30(12-8-15-51-43(48)49)38(63)56-32(18-24-19-52-28-10-5-4-9-25(24)28)40(65)58-34(23(3)59)42(67)54-29(39(64)57-33)11-6-7-14-44/h4-5,9-10,19,22-23,26-27,29-34,52,59H,6-8,11-18,20-21,44-46H2,1-3H3,(H2,47,60)(H,50,61)(H,53,62)(H,54,67)(H,55,66)(H,56,63)(H,57,64)(H,58,65)(H4,48,49,51)/t23-,26+,27+,29?,30+,31+,32?,33?,34+/m1/s1. The second kappa shape index (κ2) is 29.4. The Morgan fingerprint density at radius 2 is 1.41 bits per heavy atom. The van der Waals surface area contributed by atoms with Gasteiger partial charge in [-0.15, -0.1) is 0 Å². The number of fused-ring (bicyclic) bond motifs is 1. The minimum atomic E-state index is -1.69. The summed E-state index contributed by atoms with van der Waals surface area (Å²) in [6.45, 7) is 5.21. The largest absolute Gasteiger partial charge is 0.391 e. The number of primary amides is 1. The lowest BCUT2D eigenvalue weighted by Crippen LogP contribution is -2.62. The summed E-state index contributed by atoms with van der Waals surface area (Å²) in [4.78, 5) is 117. The number of benzene rings is 1. The number of hydrogen-bond acceptors (Lipinski definition) is 15. The number of carbonyl (C=O) groups is 8. The molecular weight excluding hydrogens is 935 g/mol. The smallest absolute Gasteiger partial charge is 0.245 e. The molecule has 0 aliphatic carbocycles. The van der Waals surface area contributed by atoms with Gasteiger partial charge >= 0.3 is 0 Å². The molecule has 0 bridgehead atoms. The van der Waals surface area contributed by atoms with Gasteiger partial charge in [0.1, 0.15) is 36.3 Å². The molecule has 69 heavy (non-hydrogen) atoms. The van der Waals surface area contributed by atoms with E-state index in [0.29, 0.717) is 18.4 Å². The number of amides is 8. The monoisotopic (exact) mass is 1010 g/mol. The van der Waals surface area contributed by atoms with Crippen LogP contribution in [0, 0.1) is 5.92 Å². The van der Waals surface area contributed by atoms with Crippen LogP contribution in [-0.4, -0.2) is 149 Å². The van der Waals surface area contributed by atoms with Gasteiger partial charge in [-0.2, -0.15) is 0 Å². The second-order valence-corrected chi connectivity index (χ2v) is 19.8. The highest BCUT2D eigenvalue weighted by molar-refractivity contribution is 8.76. The van der Waals surface area contributed by atoms with Crippen molar-refractivity contribution >= 4 is 85.7 Å². The van der Waals surface area contributed by atoms with Crippen molar-refractivity contribution in [2.75, 3.05) is 31.1 Å². The molecule has 3 rings (SSSR count). The first kappa shape index (κ1) is 57.6. The van der Waals surface area contributed by atoms with Gasteiger partial charge in [0, 0.05) is 48.1 Å². The Morgan fingerprint density at radius 1 is 0.783 bits per heavy atom. The first-order valence-electron chi connectivity index (χ1n) is 22.9.